The van der Waals surface area contributed by atoms with Crippen LogP contribution >= 0.6 is 11.3 Å². The summed E-state index contributed by atoms with van der Waals surface area (Å²) in [5, 5.41) is 5.05. The smallest absolute Gasteiger partial charge is 0.311 e. The molecule has 1 amide bonds. The maximum Gasteiger partial charge on any atom is 0.311 e. The van der Waals surface area contributed by atoms with Gasteiger partial charge in [0.05, 0.1) is 18.7 Å². The number of esters is 1. The molecule has 0 aliphatic heterocycles. The molecule has 0 aromatic carbocycles. The third-order valence-corrected chi connectivity index (χ3v) is 3.24. The normalized spacial score (nSPS) is 10.2. The Kier molecular flexibility index (Phi) is 7.10. The maximum absolute atomic E-state index is 11.6. The molecule has 19 heavy (non-hydrogen) atoms. The number of rotatable bonds is 8. The Morgan fingerprint density at radius 1 is 1.37 bits per heavy atom. The molecule has 0 unspecified atom stereocenters. The van der Waals surface area contributed by atoms with Crippen molar-refractivity contribution in [3.63, 3.8) is 0 Å². The Morgan fingerprint density at radius 2 is 2.16 bits per heavy atom. The van der Waals surface area contributed by atoms with Gasteiger partial charge in [-0.25, -0.2) is 4.98 Å². The molecule has 0 fully saturated rings. The van der Waals surface area contributed by atoms with Gasteiger partial charge in [0.2, 0.25) is 5.91 Å². The lowest BCUT2D eigenvalue weighted by molar-refractivity contribution is -0.142. The lowest BCUT2D eigenvalue weighted by Crippen LogP contribution is -2.11. The van der Waals surface area contributed by atoms with Crippen molar-refractivity contribution in [1.29, 1.82) is 0 Å². The van der Waals surface area contributed by atoms with Gasteiger partial charge in [0, 0.05) is 11.8 Å². The van der Waals surface area contributed by atoms with Crippen molar-refractivity contribution in [2.75, 3.05) is 11.9 Å². The predicted octanol–water partition coefficient (Wildman–Crippen LogP) is 2.77. The highest BCUT2D eigenvalue weighted by Gasteiger charge is 2.10. The SMILES string of the molecule is CCCCCC(=O)Nc1nc(CC(=O)OCC)cs1. The molecular weight excluding hydrogens is 264 g/mol. The van der Waals surface area contributed by atoms with Crippen LogP contribution in [-0.4, -0.2) is 23.5 Å². The number of thiazole rings is 1. The number of nitrogens with one attached hydrogen (secondary N) is 1. The second-order valence-electron chi connectivity index (χ2n) is 4.13. The number of anilines is 1. The second-order valence-corrected chi connectivity index (χ2v) is 4.99. The fourth-order valence-electron chi connectivity index (χ4n) is 1.52. The fraction of sp³-hybridized carbons (Fsp3) is 0.615. The van der Waals surface area contributed by atoms with Crippen LogP contribution in [0.25, 0.3) is 0 Å². The molecular formula is C13H20N2O3S. The third kappa shape index (κ3) is 6.33. The van der Waals surface area contributed by atoms with Crippen LogP contribution in [-0.2, 0) is 20.7 Å². The zero-order valence-electron chi connectivity index (χ0n) is 11.4. The van der Waals surface area contributed by atoms with E-state index in [0.717, 1.165) is 19.3 Å². The standard InChI is InChI=1S/C13H20N2O3S/c1-3-5-6-7-11(16)15-13-14-10(9-19-13)8-12(17)18-4-2/h9H,3-8H2,1-2H3,(H,14,15,16). The van der Waals surface area contributed by atoms with E-state index in [0.29, 0.717) is 23.9 Å². The van der Waals surface area contributed by atoms with Crippen molar-refractivity contribution in [2.24, 2.45) is 0 Å². The van der Waals surface area contributed by atoms with E-state index in [2.05, 4.69) is 17.2 Å². The van der Waals surface area contributed by atoms with Gasteiger partial charge in [-0.3, -0.25) is 9.59 Å². The molecule has 1 aromatic heterocycles. The highest BCUT2D eigenvalue weighted by atomic mass is 32.1. The number of nitrogens with zero attached hydrogens (tertiary/aromatic N) is 1. The quantitative estimate of drug-likeness (QED) is 0.588. The van der Waals surface area contributed by atoms with E-state index in [1.807, 2.05) is 0 Å². The molecule has 0 saturated carbocycles. The monoisotopic (exact) mass is 284 g/mol. The molecule has 0 bridgehead atoms. The Hall–Kier alpha value is -1.43. The largest absolute Gasteiger partial charge is 0.466 e. The van der Waals surface area contributed by atoms with Gasteiger partial charge in [0.25, 0.3) is 0 Å². The Morgan fingerprint density at radius 3 is 2.84 bits per heavy atom. The van der Waals surface area contributed by atoms with Gasteiger partial charge in [-0.15, -0.1) is 11.3 Å². The van der Waals surface area contributed by atoms with E-state index in [-0.39, 0.29) is 18.3 Å². The van der Waals surface area contributed by atoms with Gasteiger partial charge in [0.1, 0.15) is 0 Å². The minimum Gasteiger partial charge on any atom is -0.466 e. The second kappa shape index (κ2) is 8.63. The molecule has 0 atom stereocenters. The highest BCUT2D eigenvalue weighted by molar-refractivity contribution is 7.13. The van der Waals surface area contributed by atoms with E-state index in [1.165, 1.54) is 11.3 Å². The van der Waals surface area contributed by atoms with Crippen LogP contribution in [0.3, 0.4) is 0 Å². The van der Waals surface area contributed by atoms with Crippen molar-refractivity contribution >= 4 is 28.3 Å². The van der Waals surface area contributed by atoms with Gasteiger partial charge in [-0.2, -0.15) is 0 Å². The van der Waals surface area contributed by atoms with Gasteiger partial charge < -0.3 is 10.1 Å². The van der Waals surface area contributed by atoms with Crippen LogP contribution < -0.4 is 5.32 Å². The molecule has 6 heteroatoms. The summed E-state index contributed by atoms with van der Waals surface area (Å²) in [6.07, 6.45) is 3.70. The van der Waals surface area contributed by atoms with E-state index in [4.69, 9.17) is 4.74 Å². The number of unbranched alkanes of at least 4 members (excludes halogenated alkanes) is 2. The van der Waals surface area contributed by atoms with Crippen LogP contribution in [0.1, 0.15) is 45.2 Å². The zero-order valence-corrected chi connectivity index (χ0v) is 12.2. The lowest BCUT2D eigenvalue weighted by Gasteiger charge is -2.00. The summed E-state index contributed by atoms with van der Waals surface area (Å²) < 4.78 is 4.84. The van der Waals surface area contributed by atoms with Crippen molar-refractivity contribution in [3.8, 4) is 0 Å². The summed E-state index contributed by atoms with van der Waals surface area (Å²) in [4.78, 5) is 27.0. The molecule has 106 valence electrons. The molecule has 0 radical (unpaired) electrons. The number of aromatic nitrogens is 1. The van der Waals surface area contributed by atoms with Crippen LogP contribution in [0.15, 0.2) is 5.38 Å². The third-order valence-electron chi connectivity index (χ3n) is 2.44. The van der Waals surface area contributed by atoms with Gasteiger partial charge in [-0.1, -0.05) is 19.8 Å². The maximum atomic E-state index is 11.6. The summed E-state index contributed by atoms with van der Waals surface area (Å²) in [6, 6.07) is 0. The minimum absolute atomic E-state index is 0.0227. The van der Waals surface area contributed by atoms with Gasteiger partial charge in [0.15, 0.2) is 5.13 Å². The Balaban J connectivity index is 2.37. The van der Waals surface area contributed by atoms with E-state index in [1.54, 1.807) is 12.3 Å². The molecule has 0 aliphatic carbocycles. The van der Waals surface area contributed by atoms with E-state index in [9.17, 15) is 9.59 Å². The van der Waals surface area contributed by atoms with Crippen LogP contribution in [0.2, 0.25) is 0 Å². The Labute approximate surface area is 117 Å². The van der Waals surface area contributed by atoms with Crippen LogP contribution in [0.4, 0.5) is 5.13 Å². The molecule has 0 saturated heterocycles. The topological polar surface area (TPSA) is 68.3 Å². The fourth-order valence-corrected chi connectivity index (χ4v) is 2.25. The molecule has 1 N–H and O–H groups in total. The summed E-state index contributed by atoms with van der Waals surface area (Å²) in [5.74, 6) is -0.320. The van der Waals surface area contributed by atoms with Crippen LogP contribution in [0.5, 0.6) is 0 Å². The van der Waals surface area contributed by atoms with Crippen molar-refractivity contribution in [1.82, 2.24) is 4.98 Å². The first-order valence-electron chi connectivity index (χ1n) is 6.55. The number of hydrogen-bond donors (Lipinski definition) is 1. The summed E-state index contributed by atoms with van der Waals surface area (Å²) in [6.45, 7) is 4.23. The molecule has 0 aliphatic rings. The minimum atomic E-state index is -0.298. The molecule has 5 nitrogen and oxygen atoms in total. The highest BCUT2D eigenvalue weighted by Crippen LogP contribution is 2.16. The molecule has 1 heterocycles. The van der Waals surface area contributed by atoms with Crippen molar-refractivity contribution in [2.45, 2.75) is 46.0 Å². The first kappa shape index (κ1) is 15.6. The van der Waals surface area contributed by atoms with Gasteiger partial charge >= 0.3 is 5.97 Å². The van der Waals surface area contributed by atoms with E-state index >= 15 is 0 Å². The predicted molar refractivity (Wildman–Crippen MR) is 75.2 cm³/mol. The number of ether oxygens (including phenoxy) is 1. The Bertz CT molecular complexity index is 418. The summed E-state index contributed by atoms with van der Waals surface area (Å²) in [5.41, 5.74) is 0.632. The summed E-state index contributed by atoms with van der Waals surface area (Å²) in [7, 11) is 0. The first-order valence-corrected chi connectivity index (χ1v) is 7.43. The average molecular weight is 284 g/mol. The number of hydrogen-bond acceptors (Lipinski definition) is 5. The zero-order chi connectivity index (χ0) is 14.1. The molecule has 0 spiro atoms. The average Bonchev–Trinajstić information content (AvgIpc) is 2.77. The van der Waals surface area contributed by atoms with Gasteiger partial charge in [-0.05, 0) is 13.3 Å². The van der Waals surface area contributed by atoms with Crippen molar-refractivity contribution < 1.29 is 14.3 Å². The lowest BCUT2D eigenvalue weighted by atomic mass is 10.2. The molecule has 1 aromatic rings. The first-order chi connectivity index (χ1) is 9.15. The van der Waals surface area contributed by atoms with Crippen LogP contribution in [0, 0.1) is 0 Å². The number of carbonyl (C=O) groups excluding carboxylic acids is 2. The van der Waals surface area contributed by atoms with E-state index < -0.39 is 0 Å². The number of amides is 1. The number of carbonyl (C=O) groups is 2. The molecule has 1 rings (SSSR count). The van der Waals surface area contributed by atoms with Crippen molar-refractivity contribution in [3.05, 3.63) is 11.1 Å². The summed E-state index contributed by atoms with van der Waals surface area (Å²) >= 11 is 1.33.